The Morgan fingerprint density at radius 1 is 1.03 bits per heavy atom. The Labute approximate surface area is 206 Å². The molecule has 2 aromatic carbocycles. The number of rotatable bonds is 8. The Bertz CT molecular complexity index is 1030. The standard InChI is InChI=1S/C27H34N4O4/c1-3-4-16-28-24(32)19-30-20-31(22-8-6-5-7-9-22)27(26(30)34)14-17-29(18-15-27)25(33)21-10-12-23(35-2)13-11-21/h5-13H,3-4,14-20H2,1-2H3,(H,28,32). The summed E-state index contributed by atoms with van der Waals surface area (Å²) >= 11 is 0. The molecule has 0 aliphatic carbocycles. The average Bonchev–Trinajstić information content (AvgIpc) is 3.15. The largest absolute Gasteiger partial charge is 0.497 e. The van der Waals surface area contributed by atoms with E-state index in [1.165, 1.54) is 0 Å². The molecule has 0 unspecified atom stereocenters. The summed E-state index contributed by atoms with van der Waals surface area (Å²) in [4.78, 5) is 44.9. The number of unbranched alkanes of at least 4 members (excludes halogenated alkanes) is 1. The first-order chi connectivity index (χ1) is 17.0. The first-order valence-electron chi connectivity index (χ1n) is 12.3. The Balaban J connectivity index is 1.50. The van der Waals surface area contributed by atoms with Crippen LogP contribution in [0.1, 0.15) is 43.0 Å². The van der Waals surface area contributed by atoms with Gasteiger partial charge in [-0.15, -0.1) is 0 Å². The van der Waals surface area contributed by atoms with Gasteiger partial charge in [-0.3, -0.25) is 14.4 Å². The van der Waals surface area contributed by atoms with E-state index in [4.69, 9.17) is 4.74 Å². The van der Waals surface area contributed by atoms with E-state index in [1.807, 2.05) is 35.2 Å². The highest BCUT2D eigenvalue weighted by Crippen LogP contribution is 2.39. The van der Waals surface area contributed by atoms with Gasteiger partial charge in [-0.1, -0.05) is 31.5 Å². The van der Waals surface area contributed by atoms with Crippen LogP contribution < -0.4 is 15.0 Å². The van der Waals surface area contributed by atoms with Crippen molar-refractivity contribution >= 4 is 23.4 Å². The van der Waals surface area contributed by atoms with Crippen LogP contribution in [0.15, 0.2) is 54.6 Å². The van der Waals surface area contributed by atoms with Crippen molar-refractivity contribution in [3.63, 3.8) is 0 Å². The van der Waals surface area contributed by atoms with Gasteiger partial charge in [0.05, 0.1) is 13.8 Å². The lowest BCUT2D eigenvalue weighted by molar-refractivity contribution is -0.137. The van der Waals surface area contributed by atoms with Crippen LogP contribution >= 0.6 is 0 Å². The SMILES string of the molecule is CCCCNC(=O)CN1CN(c2ccccc2)C2(CCN(C(=O)c3ccc(OC)cc3)CC2)C1=O. The Kier molecular flexibility index (Phi) is 7.58. The topological polar surface area (TPSA) is 82.2 Å². The molecule has 2 fully saturated rings. The molecular formula is C27H34N4O4. The van der Waals surface area contributed by atoms with Crippen molar-refractivity contribution in [1.29, 1.82) is 0 Å². The maximum atomic E-state index is 13.7. The molecule has 2 heterocycles. The quantitative estimate of drug-likeness (QED) is 0.590. The fourth-order valence-corrected chi connectivity index (χ4v) is 4.95. The zero-order valence-corrected chi connectivity index (χ0v) is 20.5. The zero-order chi connectivity index (χ0) is 24.8. The molecule has 0 saturated carbocycles. The molecular weight excluding hydrogens is 444 g/mol. The lowest BCUT2D eigenvalue weighted by atomic mass is 9.85. The minimum Gasteiger partial charge on any atom is -0.497 e. The summed E-state index contributed by atoms with van der Waals surface area (Å²) < 4.78 is 5.19. The third kappa shape index (κ3) is 5.11. The first-order valence-corrected chi connectivity index (χ1v) is 12.3. The van der Waals surface area contributed by atoms with Crippen LogP contribution in [0, 0.1) is 0 Å². The number of amides is 3. The van der Waals surface area contributed by atoms with Crippen molar-refractivity contribution in [3.8, 4) is 5.75 Å². The van der Waals surface area contributed by atoms with Crippen LogP contribution in [-0.2, 0) is 9.59 Å². The second-order valence-electron chi connectivity index (χ2n) is 9.16. The van der Waals surface area contributed by atoms with Crippen LogP contribution in [-0.4, -0.2) is 73.0 Å². The van der Waals surface area contributed by atoms with E-state index < -0.39 is 5.54 Å². The molecule has 2 aromatic rings. The van der Waals surface area contributed by atoms with Crippen LogP contribution in [0.4, 0.5) is 5.69 Å². The molecule has 0 aromatic heterocycles. The number of carbonyl (C=O) groups is 3. The second-order valence-corrected chi connectivity index (χ2v) is 9.16. The smallest absolute Gasteiger partial charge is 0.253 e. The van der Waals surface area contributed by atoms with E-state index in [1.54, 1.807) is 36.3 Å². The fraction of sp³-hybridized carbons (Fsp3) is 0.444. The minimum atomic E-state index is -0.762. The summed E-state index contributed by atoms with van der Waals surface area (Å²) in [5.41, 5.74) is 0.788. The number of carbonyl (C=O) groups excluding carboxylic acids is 3. The Morgan fingerprint density at radius 2 is 1.71 bits per heavy atom. The monoisotopic (exact) mass is 478 g/mol. The molecule has 2 aliphatic rings. The number of hydrogen-bond donors (Lipinski definition) is 1. The minimum absolute atomic E-state index is 0.0384. The van der Waals surface area contributed by atoms with Gasteiger partial charge in [0.25, 0.3) is 11.8 Å². The van der Waals surface area contributed by atoms with Crippen molar-refractivity contribution in [2.24, 2.45) is 0 Å². The van der Waals surface area contributed by atoms with Crippen molar-refractivity contribution < 1.29 is 19.1 Å². The number of benzene rings is 2. The van der Waals surface area contributed by atoms with E-state index in [0.29, 0.717) is 50.5 Å². The van der Waals surface area contributed by atoms with Crippen LogP contribution in [0.3, 0.4) is 0 Å². The van der Waals surface area contributed by atoms with Gasteiger partial charge in [0.15, 0.2) is 0 Å². The molecule has 186 valence electrons. The van der Waals surface area contributed by atoms with E-state index in [2.05, 4.69) is 17.1 Å². The van der Waals surface area contributed by atoms with Crippen molar-refractivity contribution in [2.75, 3.05) is 44.9 Å². The van der Waals surface area contributed by atoms with Gasteiger partial charge in [-0.25, -0.2) is 0 Å². The normalized spacial score (nSPS) is 17.1. The lowest BCUT2D eigenvalue weighted by Gasteiger charge is -2.43. The summed E-state index contributed by atoms with van der Waals surface area (Å²) in [5, 5.41) is 2.91. The Morgan fingerprint density at radius 3 is 2.34 bits per heavy atom. The molecule has 1 N–H and O–H groups in total. The third-order valence-electron chi connectivity index (χ3n) is 6.98. The highest BCUT2D eigenvalue weighted by Gasteiger charge is 2.54. The number of ether oxygens (including phenoxy) is 1. The van der Waals surface area contributed by atoms with E-state index in [9.17, 15) is 14.4 Å². The van der Waals surface area contributed by atoms with E-state index in [0.717, 1.165) is 18.5 Å². The summed E-state index contributed by atoms with van der Waals surface area (Å²) in [6.45, 7) is 4.03. The Hall–Kier alpha value is -3.55. The number of piperidine rings is 1. The van der Waals surface area contributed by atoms with Gasteiger partial charge in [0.2, 0.25) is 5.91 Å². The number of nitrogens with one attached hydrogen (secondary N) is 1. The van der Waals surface area contributed by atoms with Crippen molar-refractivity contribution in [3.05, 3.63) is 60.2 Å². The number of methoxy groups -OCH3 is 1. The fourth-order valence-electron chi connectivity index (χ4n) is 4.95. The van der Waals surface area contributed by atoms with Crippen LogP contribution in [0.25, 0.3) is 0 Å². The predicted molar refractivity (Wildman–Crippen MR) is 134 cm³/mol. The average molecular weight is 479 g/mol. The van der Waals surface area contributed by atoms with Gasteiger partial charge in [-0.05, 0) is 55.7 Å². The maximum absolute atomic E-state index is 13.7. The molecule has 4 rings (SSSR count). The molecule has 0 radical (unpaired) electrons. The number of likely N-dealkylation sites (tertiary alicyclic amines) is 1. The molecule has 1 spiro atoms. The van der Waals surface area contributed by atoms with Gasteiger partial charge >= 0.3 is 0 Å². The zero-order valence-electron chi connectivity index (χ0n) is 20.5. The summed E-state index contributed by atoms with van der Waals surface area (Å²) in [6.07, 6.45) is 2.94. The van der Waals surface area contributed by atoms with E-state index >= 15 is 0 Å². The number of anilines is 1. The van der Waals surface area contributed by atoms with Crippen LogP contribution in [0.5, 0.6) is 5.75 Å². The molecule has 0 atom stereocenters. The highest BCUT2D eigenvalue weighted by atomic mass is 16.5. The summed E-state index contributed by atoms with van der Waals surface area (Å²) in [6, 6.07) is 16.9. The van der Waals surface area contributed by atoms with Crippen molar-refractivity contribution in [2.45, 2.75) is 38.1 Å². The van der Waals surface area contributed by atoms with Crippen molar-refractivity contribution in [1.82, 2.24) is 15.1 Å². The number of hydrogen-bond acceptors (Lipinski definition) is 5. The lowest BCUT2D eigenvalue weighted by Crippen LogP contribution is -2.57. The molecule has 8 heteroatoms. The number of nitrogens with zero attached hydrogens (tertiary/aromatic N) is 3. The molecule has 2 saturated heterocycles. The van der Waals surface area contributed by atoms with Gasteiger partial charge in [0.1, 0.15) is 17.8 Å². The number of para-hydroxylation sites is 1. The molecule has 35 heavy (non-hydrogen) atoms. The molecule has 3 amide bonds. The van der Waals surface area contributed by atoms with Gasteiger partial charge in [0, 0.05) is 30.9 Å². The molecule has 8 nitrogen and oxygen atoms in total. The summed E-state index contributed by atoms with van der Waals surface area (Å²) in [7, 11) is 1.59. The van der Waals surface area contributed by atoms with Gasteiger partial charge < -0.3 is 24.8 Å². The van der Waals surface area contributed by atoms with E-state index in [-0.39, 0.29) is 24.3 Å². The second kappa shape index (κ2) is 10.8. The van der Waals surface area contributed by atoms with Gasteiger partial charge in [-0.2, -0.15) is 0 Å². The maximum Gasteiger partial charge on any atom is 0.253 e. The molecule has 2 aliphatic heterocycles. The predicted octanol–water partition coefficient (Wildman–Crippen LogP) is 2.89. The van der Waals surface area contributed by atoms with Crippen LogP contribution in [0.2, 0.25) is 0 Å². The highest BCUT2D eigenvalue weighted by molar-refractivity contribution is 5.97. The third-order valence-corrected chi connectivity index (χ3v) is 6.98. The summed E-state index contributed by atoms with van der Waals surface area (Å²) in [5.74, 6) is 0.479. The molecule has 0 bridgehead atoms. The first kappa shape index (κ1) is 24.6.